The number of aliphatic hydroxyl groups is 1. The Balaban J connectivity index is 2.04. The second kappa shape index (κ2) is 6.10. The number of aliphatic hydroxyl groups excluding tert-OH is 1. The highest BCUT2D eigenvalue weighted by Gasteiger charge is 2.10. The largest absolute Gasteiger partial charge is 0.387 e. The van der Waals surface area contributed by atoms with Gasteiger partial charge in [-0.2, -0.15) is 0 Å². The summed E-state index contributed by atoms with van der Waals surface area (Å²) in [4.78, 5) is 0. The summed E-state index contributed by atoms with van der Waals surface area (Å²) in [6, 6.07) is 12.4. The predicted octanol–water partition coefficient (Wildman–Crippen LogP) is 4.07. The first kappa shape index (κ1) is 14.6. The summed E-state index contributed by atoms with van der Waals surface area (Å²) in [5.41, 5.74) is 6.95. The molecule has 2 heteroatoms. The van der Waals surface area contributed by atoms with Crippen molar-refractivity contribution < 1.29 is 5.11 Å². The van der Waals surface area contributed by atoms with Crippen LogP contribution in [0.1, 0.15) is 33.9 Å². The van der Waals surface area contributed by atoms with Gasteiger partial charge < -0.3 is 10.4 Å². The van der Waals surface area contributed by atoms with Gasteiger partial charge in [0.1, 0.15) is 0 Å². The van der Waals surface area contributed by atoms with Crippen LogP contribution >= 0.6 is 0 Å². The quantitative estimate of drug-likeness (QED) is 0.877. The zero-order valence-corrected chi connectivity index (χ0v) is 12.7. The van der Waals surface area contributed by atoms with Crippen LogP contribution in [0, 0.1) is 27.7 Å². The van der Waals surface area contributed by atoms with E-state index in [4.69, 9.17) is 0 Å². The van der Waals surface area contributed by atoms with Gasteiger partial charge in [-0.05, 0) is 62.1 Å². The third kappa shape index (κ3) is 3.40. The molecule has 0 aliphatic rings. The van der Waals surface area contributed by atoms with E-state index in [2.05, 4.69) is 50.4 Å². The molecule has 0 aliphatic carbocycles. The lowest BCUT2D eigenvalue weighted by atomic mass is 10.0. The molecule has 0 aliphatic heterocycles. The van der Waals surface area contributed by atoms with E-state index in [9.17, 15) is 5.11 Å². The summed E-state index contributed by atoms with van der Waals surface area (Å²) in [6.45, 7) is 8.83. The highest BCUT2D eigenvalue weighted by molar-refractivity contribution is 5.48. The number of nitrogens with one attached hydrogen (secondary N) is 1. The van der Waals surface area contributed by atoms with Gasteiger partial charge in [-0.1, -0.05) is 29.8 Å². The highest BCUT2D eigenvalue weighted by atomic mass is 16.3. The predicted molar refractivity (Wildman–Crippen MR) is 85.3 cm³/mol. The van der Waals surface area contributed by atoms with Crippen LogP contribution in [0.2, 0.25) is 0 Å². The minimum absolute atomic E-state index is 0.489. The zero-order chi connectivity index (χ0) is 14.7. The minimum atomic E-state index is -0.489. The summed E-state index contributed by atoms with van der Waals surface area (Å²) in [7, 11) is 0. The highest BCUT2D eigenvalue weighted by Crippen LogP contribution is 2.20. The molecule has 2 nitrogen and oxygen atoms in total. The van der Waals surface area contributed by atoms with Gasteiger partial charge in [-0.25, -0.2) is 0 Å². The fourth-order valence-corrected chi connectivity index (χ4v) is 2.38. The number of benzene rings is 2. The van der Waals surface area contributed by atoms with Crippen molar-refractivity contribution >= 4 is 5.69 Å². The molecule has 0 saturated heterocycles. The summed E-state index contributed by atoms with van der Waals surface area (Å²) in [5, 5.41) is 13.6. The number of hydrogen-bond acceptors (Lipinski definition) is 2. The van der Waals surface area contributed by atoms with Gasteiger partial charge in [0.2, 0.25) is 0 Å². The molecule has 2 rings (SSSR count). The normalized spacial score (nSPS) is 12.2. The van der Waals surface area contributed by atoms with Crippen LogP contribution in [0.25, 0.3) is 0 Å². The third-order valence-corrected chi connectivity index (χ3v) is 3.79. The molecule has 2 aromatic carbocycles. The van der Waals surface area contributed by atoms with Gasteiger partial charge in [-0.15, -0.1) is 0 Å². The minimum Gasteiger partial charge on any atom is -0.387 e. The molecule has 0 fully saturated rings. The van der Waals surface area contributed by atoms with Crippen molar-refractivity contribution in [3.63, 3.8) is 0 Å². The molecule has 0 amide bonds. The third-order valence-electron chi connectivity index (χ3n) is 3.79. The van der Waals surface area contributed by atoms with E-state index < -0.39 is 6.10 Å². The Morgan fingerprint density at radius 1 is 0.900 bits per heavy atom. The second-order valence-electron chi connectivity index (χ2n) is 5.56. The van der Waals surface area contributed by atoms with E-state index in [1.165, 1.54) is 16.7 Å². The van der Waals surface area contributed by atoms with Crippen LogP contribution in [-0.2, 0) is 0 Å². The lowest BCUT2D eigenvalue weighted by molar-refractivity contribution is 0.191. The van der Waals surface area contributed by atoms with E-state index in [-0.39, 0.29) is 0 Å². The summed E-state index contributed by atoms with van der Waals surface area (Å²) in [6.07, 6.45) is -0.489. The van der Waals surface area contributed by atoms with E-state index >= 15 is 0 Å². The molecule has 1 atom stereocenters. The standard InChI is InChI=1S/C18H23NO/c1-12-5-8-17(15(4)9-12)18(20)11-19-16-7-6-13(2)14(3)10-16/h5-10,18-20H,11H2,1-4H3. The lowest BCUT2D eigenvalue weighted by Gasteiger charge is -2.16. The number of rotatable bonds is 4. The van der Waals surface area contributed by atoms with Crippen molar-refractivity contribution in [3.8, 4) is 0 Å². The van der Waals surface area contributed by atoms with Crippen molar-refractivity contribution in [2.45, 2.75) is 33.8 Å². The molecule has 2 N–H and O–H groups in total. The first-order valence-electron chi connectivity index (χ1n) is 7.03. The van der Waals surface area contributed by atoms with Gasteiger partial charge in [0.15, 0.2) is 0 Å². The molecular weight excluding hydrogens is 246 g/mol. The maximum Gasteiger partial charge on any atom is 0.0964 e. The maximum absolute atomic E-state index is 10.3. The average Bonchev–Trinajstić information content (AvgIpc) is 2.40. The van der Waals surface area contributed by atoms with Crippen LogP contribution < -0.4 is 5.32 Å². The lowest BCUT2D eigenvalue weighted by Crippen LogP contribution is -2.13. The second-order valence-corrected chi connectivity index (χ2v) is 5.56. The number of hydrogen-bond donors (Lipinski definition) is 2. The maximum atomic E-state index is 10.3. The molecule has 0 spiro atoms. The zero-order valence-electron chi connectivity index (χ0n) is 12.7. The fourth-order valence-electron chi connectivity index (χ4n) is 2.38. The van der Waals surface area contributed by atoms with E-state index in [0.717, 1.165) is 16.8 Å². The Hall–Kier alpha value is -1.80. The van der Waals surface area contributed by atoms with Crippen LogP contribution in [0.15, 0.2) is 36.4 Å². The molecule has 0 heterocycles. The molecule has 20 heavy (non-hydrogen) atoms. The van der Waals surface area contributed by atoms with Crippen molar-refractivity contribution in [2.24, 2.45) is 0 Å². The van der Waals surface area contributed by atoms with Gasteiger partial charge in [-0.3, -0.25) is 0 Å². The summed E-state index contributed by atoms with van der Waals surface area (Å²) in [5.74, 6) is 0. The Labute approximate surface area is 121 Å². The van der Waals surface area contributed by atoms with E-state index in [1.807, 2.05) is 19.1 Å². The molecule has 0 bridgehead atoms. The molecule has 0 saturated carbocycles. The number of anilines is 1. The van der Waals surface area contributed by atoms with Crippen molar-refractivity contribution in [1.29, 1.82) is 0 Å². The average molecular weight is 269 g/mol. The smallest absolute Gasteiger partial charge is 0.0964 e. The van der Waals surface area contributed by atoms with Crippen molar-refractivity contribution in [2.75, 3.05) is 11.9 Å². The molecule has 2 aromatic rings. The Kier molecular flexibility index (Phi) is 4.46. The van der Waals surface area contributed by atoms with Crippen LogP contribution in [0.4, 0.5) is 5.69 Å². The monoisotopic (exact) mass is 269 g/mol. The van der Waals surface area contributed by atoms with E-state index in [1.54, 1.807) is 0 Å². The topological polar surface area (TPSA) is 32.3 Å². The van der Waals surface area contributed by atoms with Crippen molar-refractivity contribution in [1.82, 2.24) is 0 Å². The van der Waals surface area contributed by atoms with Gasteiger partial charge in [0, 0.05) is 12.2 Å². The van der Waals surface area contributed by atoms with Gasteiger partial charge in [0.05, 0.1) is 6.10 Å². The van der Waals surface area contributed by atoms with Crippen molar-refractivity contribution in [3.05, 3.63) is 64.2 Å². The molecule has 1 unspecified atom stereocenters. The van der Waals surface area contributed by atoms with E-state index in [0.29, 0.717) is 6.54 Å². The van der Waals surface area contributed by atoms with Crippen LogP contribution in [0.3, 0.4) is 0 Å². The fraction of sp³-hybridized carbons (Fsp3) is 0.333. The SMILES string of the molecule is Cc1ccc(C(O)CNc2ccc(C)c(C)c2)c(C)c1. The Bertz CT molecular complexity index is 604. The molecule has 106 valence electrons. The molecular formula is C18H23NO. The van der Waals surface area contributed by atoms with Crippen LogP contribution in [0.5, 0.6) is 0 Å². The number of aryl methyl sites for hydroxylation is 4. The first-order chi connectivity index (χ1) is 9.47. The van der Waals surface area contributed by atoms with Gasteiger partial charge >= 0.3 is 0 Å². The Morgan fingerprint density at radius 3 is 2.30 bits per heavy atom. The molecule has 0 radical (unpaired) electrons. The summed E-state index contributed by atoms with van der Waals surface area (Å²) < 4.78 is 0. The van der Waals surface area contributed by atoms with Gasteiger partial charge in [0.25, 0.3) is 0 Å². The first-order valence-corrected chi connectivity index (χ1v) is 7.03. The molecule has 0 aromatic heterocycles. The van der Waals surface area contributed by atoms with Crippen LogP contribution in [-0.4, -0.2) is 11.7 Å². The Morgan fingerprint density at radius 2 is 1.65 bits per heavy atom. The summed E-state index contributed by atoms with van der Waals surface area (Å²) >= 11 is 0.